The molecule has 1 aromatic heterocycles. The molecule has 1 amide bonds. The van der Waals surface area contributed by atoms with Gasteiger partial charge in [0.1, 0.15) is 12.2 Å². The lowest BCUT2D eigenvalue weighted by molar-refractivity contribution is -0.138. The molecule has 8 heteroatoms. The number of carbonyl (C=O) groups excluding carboxylic acids is 1. The van der Waals surface area contributed by atoms with Gasteiger partial charge in [0, 0.05) is 5.75 Å². The van der Waals surface area contributed by atoms with Crippen molar-refractivity contribution in [3.63, 3.8) is 0 Å². The van der Waals surface area contributed by atoms with Crippen molar-refractivity contribution in [2.45, 2.75) is 37.9 Å². The van der Waals surface area contributed by atoms with Gasteiger partial charge < -0.3 is 10.4 Å². The molecule has 0 aliphatic heterocycles. The number of thioether (sulfide) groups is 1. The Morgan fingerprint density at radius 2 is 2.00 bits per heavy atom. The topological polar surface area (TPSA) is 97.1 Å². The standard InChI is InChI=1S/C17H22N4O3S/c1-12(2)16(25-11-13-6-4-3-5-7-13)17(24)18-8-14-9-21(20-19-14)10-15(22)23/h3-7,9,12,16H,8,10-11H2,1-2H3,(H,18,24)(H,22,23). The van der Waals surface area contributed by atoms with Crippen molar-refractivity contribution in [1.29, 1.82) is 0 Å². The Morgan fingerprint density at radius 1 is 1.28 bits per heavy atom. The van der Waals surface area contributed by atoms with E-state index in [9.17, 15) is 9.59 Å². The number of nitrogens with one attached hydrogen (secondary N) is 1. The summed E-state index contributed by atoms with van der Waals surface area (Å²) in [4.78, 5) is 23.1. The van der Waals surface area contributed by atoms with Crippen LogP contribution in [0, 0.1) is 5.92 Å². The first-order valence-electron chi connectivity index (χ1n) is 7.99. The van der Waals surface area contributed by atoms with Crippen LogP contribution in [0.2, 0.25) is 0 Å². The third kappa shape index (κ3) is 6.22. The molecule has 0 saturated carbocycles. The van der Waals surface area contributed by atoms with Crippen LogP contribution in [0.25, 0.3) is 0 Å². The van der Waals surface area contributed by atoms with Crippen molar-refractivity contribution >= 4 is 23.6 Å². The van der Waals surface area contributed by atoms with Gasteiger partial charge in [0.15, 0.2) is 0 Å². The highest BCUT2D eigenvalue weighted by molar-refractivity contribution is 7.99. The Morgan fingerprint density at radius 3 is 2.64 bits per heavy atom. The molecule has 0 spiro atoms. The summed E-state index contributed by atoms with van der Waals surface area (Å²) in [6, 6.07) is 10.0. The number of amides is 1. The zero-order valence-electron chi connectivity index (χ0n) is 14.3. The second kappa shape index (κ2) is 9.22. The molecule has 0 saturated heterocycles. The number of carboxylic acid groups (broad SMARTS) is 1. The molecule has 2 aromatic rings. The van der Waals surface area contributed by atoms with Gasteiger partial charge in [-0.2, -0.15) is 0 Å². The van der Waals surface area contributed by atoms with Crippen LogP contribution >= 0.6 is 11.8 Å². The van der Waals surface area contributed by atoms with E-state index in [-0.39, 0.29) is 30.2 Å². The van der Waals surface area contributed by atoms with E-state index in [1.807, 2.05) is 44.2 Å². The summed E-state index contributed by atoms with van der Waals surface area (Å²) in [6.45, 7) is 4.02. The van der Waals surface area contributed by atoms with Crippen molar-refractivity contribution in [3.8, 4) is 0 Å². The quantitative estimate of drug-likeness (QED) is 0.707. The van der Waals surface area contributed by atoms with Crippen molar-refractivity contribution in [1.82, 2.24) is 20.3 Å². The lowest BCUT2D eigenvalue weighted by atomic mass is 10.1. The van der Waals surface area contributed by atoms with E-state index in [0.717, 1.165) is 5.75 Å². The molecule has 2 N–H and O–H groups in total. The average molecular weight is 362 g/mol. The summed E-state index contributed by atoms with van der Waals surface area (Å²) in [5.74, 6) is -0.0795. The minimum Gasteiger partial charge on any atom is -0.480 e. The highest BCUT2D eigenvalue weighted by atomic mass is 32.2. The number of benzene rings is 1. The fraction of sp³-hybridized carbons (Fsp3) is 0.412. The van der Waals surface area contributed by atoms with E-state index in [1.165, 1.54) is 16.4 Å². The van der Waals surface area contributed by atoms with Crippen LogP contribution in [0.15, 0.2) is 36.5 Å². The van der Waals surface area contributed by atoms with Crippen LogP contribution in [0.3, 0.4) is 0 Å². The van der Waals surface area contributed by atoms with E-state index in [0.29, 0.717) is 5.69 Å². The van der Waals surface area contributed by atoms with Gasteiger partial charge in [-0.1, -0.05) is 49.4 Å². The van der Waals surface area contributed by atoms with Crippen LogP contribution in [0.4, 0.5) is 0 Å². The molecular weight excluding hydrogens is 340 g/mol. The lowest BCUT2D eigenvalue weighted by Crippen LogP contribution is -2.35. The summed E-state index contributed by atoms with van der Waals surface area (Å²) in [5.41, 5.74) is 1.72. The molecule has 1 heterocycles. The molecule has 1 atom stereocenters. The predicted octanol–water partition coefficient (Wildman–Crippen LogP) is 1.94. The lowest BCUT2D eigenvalue weighted by Gasteiger charge is -2.19. The second-order valence-corrected chi connectivity index (χ2v) is 7.11. The fourth-order valence-electron chi connectivity index (χ4n) is 2.24. The fourth-order valence-corrected chi connectivity index (χ4v) is 3.43. The van der Waals surface area contributed by atoms with Gasteiger partial charge in [0.2, 0.25) is 5.91 Å². The van der Waals surface area contributed by atoms with Gasteiger partial charge >= 0.3 is 5.97 Å². The van der Waals surface area contributed by atoms with Crippen molar-refractivity contribution in [3.05, 3.63) is 47.8 Å². The van der Waals surface area contributed by atoms with Gasteiger partial charge in [-0.3, -0.25) is 9.59 Å². The van der Waals surface area contributed by atoms with Crippen LogP contribution in [-0.4, -0.2) is 37.2 Å². The van der Waals surface area contributed by atoms with Crippen LogP contribution in [-0.2, 0) is 28.4 Å². The summed E-state index contributed by atoms with van der Waals surface area (Å²) in [6.07, 6.45) is 1.52. The van der Waals surface area contributed by atoms with E-state index >= 15 is 0 Å². The monoisotopic (exact) mass is 362 g/mol. The van der Waals surface area contributed by atoms with E-state index < -0.39 is 5.97 Å². The number of aliphatic carboxylic acids is 1. The summed E-state index contributed by atoms with van der Waals surface area (Å²) < 4.78 is 1.23. The van der Waals surface area contributed by atoms with Gasteiger partial charge in [-0.05, 0) is 11.5 Å². The maximum atomic E-state index is 12.5. The Bertz CT molecular complexity index is 703. The number of aromatic nitrogens is 3. The van der Waals surface area contributed by atoms with Gasteiger partial charge in [-0.15, -0.1) is 16.9 Å². The Kier molecular flexibility index (Phi) is 7.00. The molecule has 1 unspecified atom stereocenters. The summed E-state index contributed by atoms with van der Waals surface area (Å²) in [7, 11) is 0. The molecule has 134 valence electrons. The zero-order valence-corrected chi connectivity index (χ0v) is 15.1. The molecule has 1 aromatic carbocycles. The third-order valence-corrected chi connectivity index (χ3v) is 5.08. The maximum absolute atomic E-state index is 12.5. The van der Waals surface area contributed by atoms with E-state index in [2.05, 4.69) is 15.6 Å². The highest BCUT2D eigenvalue weighted by Crippen LogP contribution is 2.24. The molecule has 25 heavy (non-hydrogen) atoms. The molecule has 0 aliphatic rings. The minimum atomic E-state index is -0.988. The van der Waals surface area contributed by atoms with E-state index in [1.54, 1.807) is 11.8 Å². The van der Waals surface area contributed by atoms with Crippen molar-refractivity contribution in [2.75, 3.05) is 0 Å². The zero-order chi connectivity index (χ0) is 18.2. The second-order valence-electron chi connectivity index (χ2n) is 5.98. The number of carboxylic acids is 1. The van der Waals surface area contributed by atoms with Crippen LogP contribution < -0.4 is 5.32 Å². The first kappa shape index (κ1) is 19.0. The van der Waals surface area contributed by atoms with Crippen molar-refractivity contribution < 1.29 is 14.7 Å². The van der Waals surface area contributed by atoms with Gasteiger partial charge in [-0.25, -0.2) is 4.68 Å². The molecule has 0 radical (unpaired) electrons. The first-order valence-corrected chi connectivity index (χ1v) is 9.04. The van der Waals surface area contributed by atoms with Gasteiger partial charge in [0.05, 0.1) is 18.0 Å². The average Bonchev–Trinajstić information content (AvgIpc) is 3.00. The number of rotatable bonds is 9. The molecular formula is C17H22N4O3S. The van der Waals surface area contributed by atoms with Gasteiger partial charge in [0.25, 0.3) is 0 Å². The summed E-state index contributed by atoms with van der Waals surface area (Å²) >= 11 is 1.61. The summed E-state index contributed by atoms with van der Waals surface area (Å²) in [5, 5.41) is 19.0. The molecule has 0 aliphatic carbocycles. The van der Waals surface area contributed by atoms with E-state index in [4.69, 9.17) is 5.11 Å². The Labute approximate surface area is 150 Å². The largest absolute Gasteiger partial charge is 0.480 e. The molecule has 2 rings (SSSR count). The number of hydrogen-bond acceptors (Lipinski definition) is 5. The number of nitrogens with zero attached hydrogens (tertiary/aromatic N) is 3. The smallest absolute Gasteiger partial charge is 0.325 e. The van der Waals surface area contributed by atoms with Crippen LogP contribution in [0.5, 0.6) is 0 Å². The van der Waals surface area contributed by atoms with Crippen molar-refractivity contribution in [2.24, 2.45) is 5.92 Å². The molecule has 7 nitrogen and oxygen atoms in total. The number of hydrogen-bond donors (Lipinski definition) is 2. The normalized spacial score (nSPS) is 12.1. The Hall–Kier alpha value is -2.35. The Balaban J connectivity index is 1.87. The SMILES string of the molecule is CC(C)C(SCc1ccccc1)C(=O)NCc1cn(CC(=O)O)nn1. The van der Waals surface area contributed by atoms with Crippen LogP contribution in [0.1, 0.15) is 25.1 Å². The molecule has 0 fully saturated rings. The maximum Gasteiger partial charge on any atom is 0.325 e. The minimum absolute atomic E-state index is 0.0521. The highest BCUT2D eigenvalue weighted by Gasteiger charge is 2.22. The number of carbonyl (C=O) groups is 2. The first-order chi connectivity index (χ1) is 12.0. The molecule has 0 bridgehead atoms. The predicted molar refractivity (Wildman–Crippen MR) is 95.9 cm³/mol. The third-order valence-electron chi connectivity index (χ3n) is 3.46.